The fraction of sp³-hybridized carbons (Fsp3) is 0.471. The zero-order valence-corrected chi connectivity index (χ0v) is 15.3. The number of imidazole rings is 1. The second-order valence-corrected chi connectivity index (χ2v) is 8.80. The second kappa shape index (κ2) is 6.48. The molecule has 8 nitrogen and oxygen atoms in total. The fourth-order valence-corrected chi connectivity index (χ4v) is 5.21. The third-order valence-corrected chi connectivity index (χ3v) is 6.82. The molecule has 0 spiro atoms. The number of hydrogen-bond acceptors (Lipinski definition) is 5. The molecule has 0 aliphatic carbocycles. The smallest absolute Gasteiger partial charge is 0.262 e. The summed E-state index contributed by atoms with van der Waals surface area (Å²) >= 11 is 0. The molecule has 0 saturated carbocycles. The van der Waals surface area contributed by atoms with Gasteiger partial charge in [0.2, 0.25) is 5.91 Å². The van der Waals surface area contributed by atoms with Crippen molar-refractivity contribution in [3.05, 3.63) is 42.6 Å². The van der Waals surface area contributed by atoms with E-state index in [-0.39, 0.29) is 29.4 Å². The van der Waals surface area contributed by atoms with E-state index in [9.17, 15) is 13.2 Å². The summed E-state index contributed by atoms with van der Waals surface area (Å²) in [7, 11) is -1.97. The molecule has 3 aliphatic rings. The van der Waals surface area contributed by atoms with Crippen LogP contribution in [0.5, 0.6) is 0 Å². The zero-order chi connectivity index (χ0) is 18.3. The van der Waals surface area contributed by atoms with Crippen molar-refractivity contribution >= 4 is 15.9 Å². The first-order chi connectivity index (χ1) is 12.4. The summed E-state index contributed by atoms with van der Waals surface area (Å²) in [5, 5.41) is 0.0324. The number of piperidine rings is 1. The van der Waals surface area contributed by atoms with Crippen LogP contribution in [0, 0.1) is 5.92 Å². The number of aromatic nitrogens is 3. The maximum atomic E-state index is 13.0. The molecule has 0 aromatic carbocycles. The van der Waals surface area contributed by atoms with Crippen LogP contribution >= 0.6 is 0 Å². The lowest BCUT2D eigenvalue weighted by Gasteiger charge is -2.35. The minimum Gasteiger partial charge on any atom is -0.339 e. The van der Waals surface area contributed by atoms with E-state index in [2.05, 4.69) is 9.97 Å². The molecule has 5 heterocycles. The number of carbonyl (C=O) groups excluding carboxylic acids is 1. The molecule has 3 aliphatic heterocycles. The number of aryl methyl sites for hydroxylation is 1. The van der Waals surface area contributed by atoms with Crippen molar-refractivity contribution in [3.8, 4) is 0 Å². The summed E-state index contributed by atoms with van der Waals surface area (Å²) in [6.07, 6.45) is 6.19. The van der Waals surface area contributed by atoms with Gasteiger partial charge in [0, 0.05) is 38.6 Å². The molecule has 26 heavy (non-hydrogen) atoms. The molecule has 2 bridgehead atoms. The Hall–Kier alpha value is -2.26. The van der Waals surface area contributed by atoms with E-state index in [4.69, 9.17) is 0 Å². The molecule has 2 aromatic heterocycles. The summed E-state index contributed by atoms with van der Waals surface area (Å²) in [4.78, 5) is 23.0. The number of nitrogens with zero attached hydrogens (tertiary/aromatic N) is 5. The summed E-state index contributed by atoms with van der Waals surface area (Å²) in [5.41, 5.74) is 0.813. The van der Waals surface area contributed by atoms with Gasteiger partial charge in [-0.1, -0.05) is 6.07 Å². The Bertz CT molecular complexity index is 911. The average Bonchev–Trinajstić information content (AvgIpc) is 2.89. The number of rotatable bonds is 4. The van der Waals surface area contributed by atoms with Crippen LogP contribution in [0.15, 0.2) is 41.9 Å². The summed E-state index contributed by atoms with van der Waals surface area (Å²) < 4.78 is 28.9. The van der Waals surface area contributed by atoms with Gasteiger partial charge in [0.1, 0.15) is 0 Å². The van der Waals surface area contributed by atoms with Gasteiger partial charge in [0.15, 0.2) is 5.03 Å². The van der Waals surface area contributed by atoms with Crippen molar-refractivity contribution < 1.29 is 13.2 Å². The Balaban J connectivity index is 1.61. The van der Waals surface area contributed by atoms with Gasteiger partial charge in [-0.15, -0.1) is 0 Å². The Morgan fingerprint density at radius 2 is 2.04 bits per heavy atom. The summed E-state index contributed by atoms with van der Waals surface area (Å²) in [6.45, 7) is 0.930. The predicted octanol–water partition coefficient (Wildman–Crippen LogP) is 0.627. The normalized spacial score (nSPS) is 24.0. The molecule has 5 rings (SSSR count). The van der Waals surface area contributed by atoms with Crippen LogP contribution in [0.25, 0.3) is 0 Å². The third-order valence-electron chi connectivity index (χ3n) is 5.10. The van der Waals surface area contributed by atoms with E-state index >= 15 is 0 Å². The molecular weight excluding hydrogens is 354 g/mol. The van der Waals surface area contributed by atoms with Crippen LogP contribution in [0.4, 0.5) is 0 Å². The van der Waals surface area contributed by atoms with E-state index in [1.807, 2.05) is 18.2 Å². The maximum absolute atomic E-state index is 13.0. The molecule has 1 amide bonds. The van der Waals surface area contributed by atoms with Crippen LogP contribution in [-0.4, -0.2) is 57.2 Å². The summed E-state index contributed by atoms with van der Waals surface area (Å²) in [5.74, 6) is -0.290. The number of hydrogen-bond donors (Lipinski definition) is 0. The van der Waals surface area contributed by atoms with E-state index in [1.54, 1.807) is 22.7 Å². The third kappa shape index (κ3) is 3.01. The van der Waals surface area contributed by atoms with Crippen LogP contribution in [0.2, 0.25) is 0 Å². The highest BCUT2D eigenvalue weighted by atomic mass is 32.2. The number of fused-ring (bicyclic) bond motifs is 4. The highest BCUT2D eigenvalue weighted by Crippen LogP contribution is 2.32. The number of carbonyl (C=O) groups is 1. The van der Waals surface area contributed by atoms with Crippen LogP contribution in [0.3, 0.4) is 0 Å². The van der Waals surface area contributed by atoms with Crippen molar-refractivity contribution in [2.75, 3.05) is 13.1 Å². The zero-order valence-electron chi connectivity index (χ0n) is 14.5. The molecule has 9 heteroatoms. The highest BCUT2D eigenvalue weighted by molar-refractivity contribution is 7.89. The van der Waals surface area contributed by atoms with Gasteiger partial charge in [0.05, 0.1) is 24.5 Å². The lowest BCUT2D eigenvalue weighted by Crippen LogP contribution is -2.47. The van der Waals surface area contributed by atoms with Crippen molar-refractivity contribution in [1.82, 2.24) is 23.7 Å². The Labute approximate surface area is 152 Å². The van der Waals surface area contributed by atoms with Gasteiger partial charge >= 0.3 is 0 Å². The largest absolute Gasteiger partial charge is 0.339 e. The maximum Gasteiger partial charge on any atom is 0.262 e. The number of pyridine rings is 1. The van der Waals surface area contributed by atoms with Crippen molar-refractivity contribution in [1.29, 1.82) is 0 Å². The van der Waals surface area contributed by atoms with Crippen molar-refractivity contribution in [2.45, 2.75) is 30.5 Å². The first-order valence-electron chi connectivity index (χ1n) is 8.63. The molecule has 0 N–H and O–H groups in total. The van der Waals surface area contributed by atoms with Crippen molar-refractivity contribution in [3.63, 3.8) is 0 Å². The molecule has 3 saturated heterocycles. The van der Waals surface area contributed by atoms with E-state index < -0.39 is 10.0 Å². The van der Waals surface area contributed by atoms with Gasteiger partial charge in [-0.3, -0.25) is 9.78 Å². The second-order valence-electron chi connectivity index (χ2n) is 6.91. The van der Waals surface area contributed by atoms with Crippen molar-refractivity contribution in [2.24, 2.45) is 13.0 Å². The molecule has 2 aromatic rings. The van der Waals surface area contributed by atoms with Crippen LogP contribution in [0.1, 0.15) is 18.5 Å². The quantitative estimate of drug-likeness (QED) is 0.782. The van der Waals surface area contributed by atoms with E-state index in [1.165, 1.54) is 16.8 Å². The minimum absolute atomic E-state index is 0.0191. The standard InChI is InChI=1S/C17H21N5O3S/c1-20-11-16(19-12-20)26(24,25)21-8-13-5-6-15(10-21)22(17(13)23)9-14-4-2-3-7-18-14/h2-4,7,11-13,15H,5-6,8-10H2,1H3/t13-,15+/m0/s1. The van der Waals surface area contributed by atoms with Gasteiger partial charge in [-0.2, -0.15) is 4.31 Å². The van der Waals surface area contributed by atoms with E-state index in [0.29, 0.717) is 13.1 Å². The molecule has 138 valence electrons. The van der Waals surface area contributed by atoms with Crippen LogP contribution in [-0.2, 0) is 28.4 Å². The summed E-state index contributed by atoms with van der Waals surface area (Å²) in [6, 6.07) is 5.47. The first kappa shape index (κ1) is 17.2. The Morgan fingerprint density at radius 3 is 2.73 bits per heavy atom. The fourth-order valence-electron chi connectivity index (χ4n) is 3.73. The van der Waals surface area contributed by atoms with Gasteiger partial charge in [-0.05, 0) is 25.0 Å². The Morgan fingerprint density at radius 1 is 1.19 bits per heavy atom. The molecular formula is C17H21N5O3S. The number of sulfonamides is 1. The molecule has 0 radical (unpaired) electrons. The van der Waals surface area contributed by atoms with Crippen LogP contribution < -0.4 is 0 Å². The predicted molar refractivity (Wildman–Crippen MR) is 93.3 cm³/mol. The first-order valence-corrected chi connectivity index (χ1v) is 10.1. The molecule has 0 unspecified atom stereocenters. The topological polar surface area (TPSA) is 88.4 Å². The minimum atomic E-state index is -3.70. The highest BCUT2D eigenvalue weighted by Gasteiger charge is 2.44. The monoisotopic (exact) mass is 375 g/mol. The van der Waals surface area contributed by atoms with Gasteiger partial charge < -0.3 is 9.47 Å². The number of amides is 1. The Kier molecular flexibility index (Phi) is 4.28. The lowest BCUT2D eigenvalue weighted by atomic mass is 9.94. The lowest BCUT2D eigenvalue weighted by molar-refractivity contribution is -0.140. The van der Waals surface area contributed by atoms with Gasteiger partial charge in [-0.25, -0.2) is 13.4 Å². The molecule has 2 atom stereocenters. The van der Waals surface area contributed by atoms with Gasteiger partial charge in [0.25, 0.3) is 10.0 Å². The average molecular weight is 375 g/mol. The SMILES string of the molecule is Cn1cnc(S(=O)(=O)N2C[C@@H]3CC[C@H](C2)N(Cc2ccccn2)C3=O)c1. The molecule has 3 fully saturated rings. The van der Waals surface area contributed by atoms with E-state index in [0.717, 1.165) is 18.5 Å².